The topological polar surface area (TPSA) is 18.5 Å². The summed E-state index contributed by atoms with van der Waals surface area (Å²) in [5.41, 5.74) is 1.44. The first-order valence-corrected chi connectivity index (χ1v) is 13.6. The summed E-state index contributed by atoms with van der Waals surface area (Å²) >= 11 is 11.7. The van der Waals surface area contributed by atoms with Crippen molar-refractivity contribution in [2.45, 2.75) is 69.9 Å². The van der Waals surface area contributed by atoms with E-state index in [1.54, 1.807) is 0 Å². The zero-order valence-electron chi connectivity index (χ0n) is 14.7. The molecule has 1 fully saturated rings. The van der Waals surface area contributed by atoms with Gasteiger partial charge in [0, 0.05) is 6.61 Å². The zero-order valence-corrected chi connectivity index (χ0v) is 17.4. The number of ether oxygens (including phenoxy) is 2. The van der Waals surface area contributed by atoms with E-state index in [9.17, 15) is 0 Å². The van der Waals surface area contributed by atoms with Gasteiger partial charge in [-0.1, -0.05) is 25.5 Å². The van der Waals surface area contributed by atoms with Crippen LogP contribution in [0.5, 0.6) is 5.75 Å². The standard InChI is InChI=1S/C19H30Cl2O2Si/c1-2-3-13-22-18-9-5-16(6-10-18)17-7-11-19(12-8-17)23-14-4-15-24(20)21/h5-6,9-10,17,19,24H,2-4,7-8,11-15H2,1H3/t17-,19-. The van der Waals surface area contributed by atoms with Gasteiger partial charge in [-0.25, -0.2) is 0 Å². The molecule has 0 aliphatic heterocycles. The molecule has 0 bridgehead atoms. The molecule has 1 aliphatic carbocycles. The Balaban J connectivity index is 1.68. The second-order valence-electron chi connectivity index (χ2n) is 6.65. The van der Waals surface area contributed by atoms with Crippen molar-refractivity contribution in [2.24, 2.45) is 0 Å². The lowest BCUT2D eigenvalue weighted by molar-refractivity contribution is 0.0251. The van der Waals surface area contributed by atoms with E-state index < -0.39 is 7.42 Å². The van der Waals surface area contributed by atoms with Crippen LogP contribution in [0.15, 0.2) is 24.3 Å². The number of unbranched alkanes of at least 4 members (excludes halogenated alkanes) is 1. The summed E-state index contributed by atoms with van der Waals surface area (Å²) < 4.78 is 11.7. The second-order valence-corrected chi connectivity index (χ2v) is 11.8. The summed E-state index contributed by atoms with van der Waals surface area (Å²) in [7, 11) is -1.46. The smallest absolute Gasteiger partial charge is 0.237 e. The lowest BCUT2D eigenvalue weighted by Crippen LogP contribution is -2.21. The minimum Gasteiger partial charge on any atom is -0.494 e. The van der Waals surface area contributed by atoms with Crippen LogP contribution in [0.25, 0.3) is 0 Å². The fourth-order valence-corrected chi connectivity index (χ4v) is 4.62. The first-order chi connectivity index (χ1) is 11.7. The Kier molecular flexibility index (Phi) is 9.55. The average Bonchev–Trinajstić information content (AvgIpc) is 2.60. The Labute approximate surface area is 157 Å². The third-order valence-corrected chi connectivity index (χ3v) is 6.87. The zero-order chi connectivity index (χ0) is 17.2. The summed E-state index contributed by atoms with van der Waals surface area (Å²) in [6, 6.07) is 9.65. The maximum atomic E-state index is 5.98. The van der Waals surface area contributed by atoms with E-state index in [2.05, 4.69) is 31.2 Å². The molecule has 0 spiro atoms. The van der Waals surface area contributed by atoms with Gasteiger partial charge in [-0.3, -0.25) is 0 Å². The van der Waals surface area contributed by atoms with Gasteiger partial charge in [0.05, 0.1) is 12.7 Å². The number of halogens is 2. The minimum absolute atomic E-state index is 0.420. The van der Waals surface area contributed by atoms with Crippen LogP contribution in [-0.2, 0) is 4.74 Å². The molecule has 1 aromatic rings. The molecule has 1 saturated carbocycles. The van der Waals surface area contributed by atoms with Gasteiger partial charge in [0.15, 0.2) is 0 Å². The highest BCUT2D eigenvalue weighted by molar-refractivity contribution is 7.33. The van der Waals surface area contributed by atoms with Crippen LogP contribution >= 0.6 is 22.2 Å². The highest BCUT2D eigenvalue weighted by Crippen LogP contribution is 2.34. The Hall–Kier alpha value is -0.223. The van der Waals surface area contributed by atoms with E-state index in [4.69, 9.17) is 31.6 Å². The first kappa shape index (κ1) is 20.1. The predicted octanol–water partition coefficient (Wildman–Crippen LogP) is 6.00. The lowest BCUT2D eigenvalue weighted by Gasteiger charge is -2.29. The van der Waals surface area contributed by atoms with Crippen molar-refractivity contribution in [3.05, 3.63) is 29.8 Å². The summed E-state index contributed by atoms with van der Waals surface area (Å²) in [4.78, 5) is 0. The monoisotopic (exact) mass is 388 g/mol. The molecule has 136 valence electrons. The maximum Gasteiger partial charge on any atom is 0.237 e. The summed E-state index contributed by atoms with van der Waals surface area (Å²) in [6.07, 6.45) is 8.44. The third-order valence-electron chi connectivity index (χ3n) is 4.71. The molecule has 0 unspecified atom stereocenters. The predicted molar refractivity (Wildman–Crippen MR) is 106 cm³/mol. The molecule has 2 rings (SSSR count). The minimum atomic E-state index is -1.46. The quantitative estimate of drug-likeness (QED) is 0.278. The SMILES string of the molecule is CCCCOc1ccc([C@H]2CC[C@H](OCCC[SiH](Cl)Cl)CC2)cc1. The fourth-order valence-electron chi connectivity index (χ4n) is 3.22. The van der Waals surface area contributed by atoms with Crippen molar-refractivity contribution >= 4 is 29.6 Å². The number of hydrogen-bond acceptors (Lipinski definition) is 2. The summed E-state index contributed by atoms with van der Waals surface area (Å²) in [6.45, 7) is 3.80. The van der Waals surface area contributed by atoms with Crippen molar-refractivity contribution < 1.29 is 9.47 Å². The van der Waals surface area contributed by atoms with E-state index in [1.807, 2.05) is 0 Å². The summed E-state index contributed by atoms with van der Waals surface area (Å²) in [5.74, 6) is 1.65. The van der Waals surface area contributed by atoms with Crippen LogP contribution in [0.3, 0.4) is 0 Å². The second kappa shape index (κ2) is 11.4. The van der Waals surface area contributed by atoms with E-state index in [-0.39, 0.29) is 0 Å². The Morgan fingerprint density at radius 1 is 1.00 bits per heavy atom. The number of rotatable bonds is 10. The Morgan fingerprint density at radius 2 is 1.71 bits per heavy atom. The van der Waals surface area contributed by atoms with Gasteiger partial charge < -0.3 is 9.47 Å². The van der Waals surface area contributed by atoms with Crippen molar-refractivity contribution in [1.29, 1.82) is 0 Å². The van der Waals surface area contributed by atoms with Gasteiger partial charge in [-0.15, -0.1) is 0 Å². The molecule has 5 heteroatoms. The molecule has 0 N–H and O–H groups in total. The largest absolute Gasteiger partial charge is 0.494 e. The maximum absolute atomic E-state index is 5.98. The molecule has 0 radical (unpaired) electrons. The molecule has 0 amide bonds. The Bertz CT molecular complexity index is 445. The molecule has 1 aliphatic rings. The molecular formula is C19H30Cl2O2Si. The van der Waals surface area contributed by atoms with Crippen LogP contribution in [-0.4, -0.2) is 26.7 Å². The third kappa shape index (κ3) is 7.34. The van der Waals surface area contributed by atoms with Crippen LogP contribution in [0.2, 0.25) is 6.04 Å². The molecule has 24 heavy (non-hydrogen) atoms. The first-order valence-electron chi connectivity index (χ1n) is 9.31. The van der Waals surface area contributed by atoms with Crippen molar-refractivity contribution in [1.82, 2.24) is 0 Å². The summed E-state index contributed by atoms with van der Waals surface area (Å²) in [5, 5.41) is 0. The van der Waals surface area contributed by atoms with Crippen LogP contribution in [0.4, 0.5) is 0 Å². The number of benzene rings is 1. The molecule has 1 aromatic carbocycles. The van der Waals surface area contributed by atoms with Crippen LogP contribution in [0, 0.1) is 0 Å². The number of hydrogen-bond donors (Lipinski definition) is 0. The molecular weight excluding hydrogens is 359 g/mol. The molecule has 0 heterocycles. The van der Waals surface area contributed by atoms with Gasteiger partial charge in [0.1, 0.15) is 5.75 Å². The van der Waals surface area contributed by atoms with Gasteiger partial charge >= 0.3 is 0 Å². The molecule has 2 nitrogen and oxygen atoms in total. The normalized spacial score (nSPS) is 21.2. The van der Waals surface area contributed by atoms with Gasteiger partial charge in [-0.05, 0) is 68.2 Å². The van der Waals surface area contributed by atoms with Gasteiger partial charge in [-0.2, -0.15) is 22.2 Å². The van der Waals surface area contributed by atoms with E-state index in [1.165, 1.54) is 24.8 Å². The highest BCUT2D eigenvalue weighted by atomic mass is 35.7. The van der Waals surface area contributed by atoms with Crippen LogP contribution < -0.4 is 4.74 Å². The highest BCUT2D eigenvalue weighted by Gasteiger charge is 2.22. The molecule has 0 saturated heterocycles. The van der Waals surface area contributed by atoms with Crippen molar-refractivity contribution in [2.75, 3.05) is 13.2 Å². The lowest BCUT2D eigenvalue weighted by atomic mass is 9.83. The van der Waals surface area contributed by atoms with E-state index >= 15 is 0 Å². The fraction of sp³-hybridized carbons (Fsp3) is 0.684. The van der Waals surface area contributed by atoms with Crippen molar-refractivity contribution in [3.8, 4) is 5.75 Å². The van der Waals surface area contributed by atoms with Gasteiger partial charge in [0.2, 0.25) is 7.42 Å². The van der Waals surface area contributed by atoms with Gasteiger partial charge in [0.25, 0.3) is 0 Å². The molecule has 0 atom stereocenters. The Morgan fingerprint density at radius 3 is 2.33 bits per heavy atom. The van der Waals surface area contributed by atoms with E-state index in [0.717, 1.165) is 50.7 Å². The van der Waals surface area contributed by atoms with Crippen molar-refractivity contribution in [3.63, 3.8) is 0 Å². The average molecular weight is 389 g/mol. The van der Waals surface area contributed by atoms with E-state index in [0.29, 0.717) is 12.0 Å². The van der Waals surface area contributed by atoms with Crippen LogP contribution in [0.1, 0.15) is 63.4 Å². The molecule has 0 aromatic heterocycles.